The topological polar surface area (TPSA) is 87.5 Å². The standard InChI is InChI=1S/C12H8AsClNO4/c14-7-1-2-8-6(3-7)4-9(16)11(15-8)12(19)13-5-10(17)18/h1-4,16H,5H2,(H,17,18). The summed E-state index contributed by atoms with van der Waals surface area (Å²) >= 11 is 4.75. The molecule has 0 aliphatic rings. The number of pyridine rings is 1. The molecular formula is C12H8AsClNO4. The summed E-state index contributed by atoms with van der Waals surface area (Å²) in [5.41, 5.74) is 0.457. The van der Waals surface area contributed by atoms with E-state index >= 15 is 0 Å². The molecule has 0 amide bonds. The summed E-state index contributed by atoms with van der Waals surface area (Å²) in [6.07, 6.45) is 0. The zero-order valence-electron chi connectivity index (χ0n) is 9.50. The Morgan fingerprint density at radius 3 is 2.74 bits per heavy atom. The van der Waals surface area contributed by atoms with E-state index in [1.165, 1.54) is 6.07 Å². The van der Waals surface area contributed by atoms with Gasteiger partial charge in [-0.3, -0.25) is 0 Å². The summed E-state index contributed by atoms with van der Waals surface area (Å²) < 4.78 is -0.409. The van der Waals surface area contributed by atoms with Gasteiger partial charge in [-0.1, -0.05) is 0 Å². The number of carbonyl (C=O) groups excluding carboxylic acids is 1. The molecule has 2 N–H and O–H groups in total. The number of fused-ring (bicyclic) bond motifs is 1. The number of carbonyl (C=O) groups is 2. The van der Waals surface area contributed by atoms with E-state index in [0.717, 1.165) is 0 Å². The summed E-state index contributed by atoms with van der Waals surface area (Å²) in [6, 6.07) is 6.31. The normalized spacial score (nSPS) is 11.2. The Kier molecular flexibility index (Phi) is 4.07. The second-order valence-electron chi connectivity index (χ2n) is 3.71. The van der Waals surface area contributed by atoms with E-state index in [0.29, 0.717) is 15.9 Å². The first-order valence-electron chi connectivity index (χ1n) is 5.20. The van der Waals surface area contributed by atoms with Gasteiger partial charge < -0.3 is 0 Å². The molecule has 1 radical (unpaired) electrons. The minimum absolute atomic E-state index is 0.0731. The van der Waals surface area contributed by atoms with Crippen molar-refractivity contribution in [3.8, 4) is 5.75 Å². The Labute approximate surface area is 119 Å². The van der Waals surface area contributed by atoms with Crippen LogP contribution >= 0.6 is 11.6 Å². The van der Waals surface area contributed by atoms with Gasteiger partial charge in [-0.15, -0.1) is 0 Å². The van der Waals surface area contributed by atoms with E-state index in [-0.39, 0.29) is 16.7 Å². The first-order chi connectivity index (χ1) is 8.97. The number of carboxylic acids is 1. The maximum absolute atomic E-state index is 11.8. The predicted octanol–water partition coefficient (Wildman–Crippen LogP) is 1.94. The van der Waals surface area contributed by atoms with Crippen molar-refractivity contribution in [2.24, 2.45) is 0 Å². The number of aliphatic carboxylic acids is 1. The number of aromatic hydroxyl groups is 1. The van der Waals surface area contributed by atoms with Crippen molar-refractivity contribution in [1.29, 1.82) is 0 Å². The Balaban J connectivity index is 2.38. The molecule has 19 heavy (non-hydrogen) atoms. The minimum atomic E-state index is -1.07. The first kappa shape index (κ1) is 13.8. The molecule has 0 atom stereocenters. The predicted molar refractivity (Wildman–Crippen MR) is 70.9 cm³/mol. The average Bonchev–Trinajstić information content (AvgIpc) is 2.35. The molecule has 97 valence electrons. The van der Waals surface area contributed by atoms with Crippen LogP contribution in [0, 0.1) is 0 Å². The fourth-order valence-corrected chi connectivity index (χ4v) is 2.93. The van der Waals surface area contributed by atoms with E-state index in [4.69, 9.17) is 16.7 Å². The number of nitrogens with zero attached hydrogens (tertiary/aromatic N) is 1. The van der Waals surface area contributed by atoms with Crippen LogP contribution in [0.2, 0.25) is 10.2 Å². The second kappa shape index (κ2) is 5.59. The van der Waals surface area contributed by atoms with E-state index < -0.39 is 26.3 Å². The number of rotatable bonds is 4. The van der Waals surface area contributed by atoms with E-state index in [2.05, 4.69) is 4.98 Å². The molecule has 0 saturated carbocycles. The molecule has 0 bridgehead atoms. The van der Waals surface area contributed by atoms with Gasteiger partial charge in [0.05, 0.1) is 0 Å². The van der Waals surface area contributed by atoms with Crippen LogP contribution in [-0.2, 0) is 4.79 Å². The van der Waals surface area contributed by atoms with Crippen molar-refractivity contribution < 1.29 is 19.8 Å². The average molecular weight is 341 g/mol. The molecule has 1 heterocycles. The number of hydrogen-bond donors (Lipinski definition) is 2. The third kappa shape index (κ3) is 3.25. The molecule has 2 aromatic rings. The van der Waals surface area contributed by atoms with Gasteiger partial charge in [0, 0.05) is 0 Å². The molecule has 1 aromatic carbocycles. The van der Waals surface area contributed by atoms with E-state index in [1.807, 2.05) is 0 Å². The van der Waals surface area contributed by atoms with Crippen molar-refractivity contribution in [2.75, 3.05) is 0 Å². The molecule has 0 fully saturated rings. The zero-order valence-corrected chi connectivity index (χ0v) is 12.1. The molecule has 1 aromatic heterocycles. The Hall–Kier alpha value is -1.58. The number of halogens is 1. The zero-order chi connectivity index (χ0) is 14.0. The van der Waals surface area contributed by atoms with Crippen LogP contribution in [0.4, 0.5) is 0 Å². The number of benzene rings is 1. The van der Waals surface area contributed by atoms with Crippen LogP contribution in [-0.4, -0.2) is 41.5 Å². The fourth-order valence-electron chi connectivity index (χ4n) is 1.51. The molecule has 0 unspecified atom stereocenters. The summed E-state index contributed by atoms with van der Waals surface area (Å²) in [7, 11) is 0. The van der Waals surface area contributed by atoms with Gasteiger partial charge >= 0.3 is 120 Å². The third-order valence-corrected chi connectivity index (χ3v) is 4.50. The maximum atomic E-state index is 11.8. The summed E-state index contributed by atoms with van der Waals surface area (Å²) in [6.45, 7) is 0. The van der Waals surface area contributed by atoms with Gasteiger partial charge in [-0.2, -0.15) is 0 Å². The Bertz CT molecular complexity index is 674. The Morgan fingerprint density at radius 1 is 1.32 bits per heavy atom. The van der Waals surface area contributed by atoms with Crippen molar-refractivity contribution >= 4 is 48.8 Å². The summed E-state index contributed by atoms with van der Waals surface area (Å²) in [5, 5.41) is 19.3. The van der Waals surface area contributed by atoms with Gasteiger partial charge in [-0.05, 0) is 0 Å². The first-order valence-corrected chi connectivity index (χ1v) is 7.84. The summed E-state index contributed by atoms with van der Waals surface area (Å²) in [4.78, 5) is 26.3. The van der Waals surface area contributed by atoms with Gasteiger partial charge in [-0.25, -0.2) is 0 Å². The van der Waals surface area contributed by atoms with Crippen molar-refractivity contribution in [3.05, 3.63) is 35.0 Å². The molecule has 5 nitrogen and oxygen atoms in total. The summed E-state index contributed by atoms with van der Waals surface area (Å²) in [5.74, 6) is -1.28. The number of hydrogen-bond acceptors (Lipinski definition) is 4. The molecule has 0 aliphatic carbocycles. The molecule has 0 spiro atoms. The van der Waals surface area contributed by atoms with Gasteiger partial charge in [0.2, 0.25) is 0 Å². The van der Waals surface area contributed by atoms with Gasteiger partial charge in [0.1, 0.15) is 0 Å². The quantitative estimate of drug-likeness (QED) is 0.831. The molecule has 0 saturated heterocycles. The van der Waals surface area contributed by atoms with Crippen molar-refractivity contribution in [2.45, 2.75) is 5.21 Å². The fraction of sp³-hybridized carbons (Fsp3) is 0.0833. The molecule has 0 aliphatic heterocycles. The SMILES string of the molecule is O=C(O)C[As]C(=O)c1nc2ccc(Cl)cc2cc1O. The molecule has 7 heteroatoms. The van der Waals surface area contributed by atoms with Crippen LogP contribution < -0.4 is 0 Å². The van der Waals surface area contributed by atoms with Gasteiger partial charge in [0.15, 0.2) is 0 Å². The molecule has 2 rings (SSSR count). The Morgan fingerprint density at radius 2 is 2.05 bits per heavy atom. The third-order valence-electron chi connectivity index (χ3n) is 2.32. The van der Waals surface area contributed by atoms with Crippen molar-refractivity contribution in [3.63, 3.8) is 0 Å². The van der Waals surface area contributed by atoms with Crippen LogP contribution in [0.15, 0.2) is 24.3 Å². The van der Waals surface area contributed by atoms with Crippen LogP contribution in [0.1, 0.15) is 10.5 Å². The number of aromatic nitrogens is 1. The monoisotopic (exact) mass is 340 g/mol. The molecular weight excluding hydrogens is 333 g/mol. The second-order valence-corrected chi connectivity index (χ2v) is 6.32. The van der Waals surface area contributed by atoms with Crippen LogP contribution in [0.3, 0.4) is 0 Å². The van der Waals surface area contributed by atoms with E-state index in [1.54, 1.807) is 18.2 Å². The van der Waals surface area contributed by atoms with Gasteiger partial charge in [0.25, 0.3) is 0 Å². The van der Waals surface area contributed by atoms with Crippen LogP contribution in [0.5, 0.6) is 5.75 Å². The number of carboxylic acid groups (broad SMARTS) is 1. The van der Waals surface area contributed by atoms with E-state index in [9.17, 15) is 14.7 Å². The van der Waals surface area contributed by atoms with Crippen LogP contribution in [0.25, 0.3) is 10.9 Å². The van der Waals surface area contributed by atoms with Crippen molar-refractivity contribution in [1.82, 2.24) is 4.98 Å².